The summed E-state index contributed by atoms with van der Waals surface area (Å²) in [5, 5.41) is 23.0. The number of halogens is 1. The quantitative estimate of drug-likeness (QED) is 0.481. The van der Waals surface area contributed by atoms with Crippen molar-refractivity contribution in [2.45, 2.75) is 64.1 Å². The maximum Gasteiger partial charge on any atom is 0.227 e. The van der Waals surface area contributed by atoms with Crippen LogP contribution in [0.2, 0.25) is 0 Å². The van der Waals surface area contributed by atoms with E-state index in [4.69, 9.17) is 15.7 Å². The summed E-state index contributed by atoms with van der Waals surface area (Å²) in [5.74, 6) is 1.50. The molecule has 0 saturated carbocycles. The molecule has 4 N–H and O–H groups in total. The Morgan fingerprint density at radius 2 is 1.84 bits per heavy atom. The molecule has 3 aromatic rings. The van der Waals surface area contributed by atoms with Crippen molar-refractivity contribution in [1.29, 1.82) is 0 Å². The van der Waals surface area contributed by atoms with E-state index in [0.29, 0.717) is 57.1 Å². The molecule has 0 unspecified atom stereocenters. The smallest absolute Gasteiger partial charge is 0.227 e. The maximum absolute atomic E-state index is 14.8. The number of nitrogens with two attached hydrogens (primary N) is 1. The Balaban J connectivity index is 1.43. The molecule has 2 saturated heterocycles. The second-order valence-electron chi connectivity index (χ2n) is 11.9. The number of benzene rings is 2. The number of piperidine rings is 1. The molecule has 3 aliphatic rings. The Hall–Kier alpha value is -3.17. The van der Waals surface area contributed by atoms with Crippen LogP contribution in [0.5, 0.6) is 5.75 Å². The van der Waals surface area contributed by atoms with Gasteiger partial charge in [0.2, 0.25) is 5.95 Å². The predicted molar refractivity (Wildman–Crippen MR) is 149 cm³/mol. The molecule has 0 aliphatic carbocycles. The number of rotatable bonds is 4. The number of β-amino-alcohol motifs (C(OH)–C–C–N with tert-alkyl or cyclic N) is 1. The first-order valence-corrected chi connectivity index (χ1v) is 13.6. The van der Waals surface area contributed by atoms with Crippen molar-refractivity contribution in [2.75, 3.05) is 47.4 Å². The Labute approximate surface area is 222 Å². The van der Waals surface area contributed by atoms with Gasteiger partial charge in [-0.15, -0.1) is 0 Å². The number of phenolic OH excluding ortho intramolecular Hbond substituents is 1. The molecule has 0 spiro atoms. The first-order valence-electron chi connectivity index (χ1n) is 13.6. The Kier molecular flexibility index (Phi) is 5.92. The van der Waals surface area contributed by atoms with Crippen molar-refractivity contribution in [2.24, 2.45) is 5.73 Å². The lowest BCUT2D eigenvalue weighted by molar-refractivity contribution is 0.0446. The van der Waals surface area contributed by atoms with Crippen LogP contribution in [-0.2, 0) is 19.4 Å². The molecule has 9 heteroatoms. The van der Waals surface area contributed by atoms with Crippen molar-refractivity contribution in [1.82, 2.24) is 9.97 Å². The molecule has 4 heterocycles. The zero-order chi connectivity index (χ0) is 26.8. The van der Waals surface area contributed by atoms with Crippen LogP contribution in [0, 0.1) is 5.82 Å². The molecule has 0 bridgehead atoms. The molecule has 202 valence electrons. The van der Waals surface area contributed by atoms with Gasteiger partial charge < -0.3 is 30.6 Å². The third kappa shape index (κ3) is 4.41. The number of nitrogens with zero attached hydrogens (tertiary/aromatic N) is 5. The van der Waals surface area contributed by atoms with Crippen LogP contribution in [0.1, 0.15) is 50.4 Å². The largest absolute Gasteiger partial charge is 0.508 e. The number of fused-ring (bicyclic) bond motifs is 2. The number of aliphatic hydroxyl groups is 1. The van der Waals surface area contributed by atoms with Crippen LogP contribution in [0.3, 0.4) is 0 Å². The van der Waals surface area contributed by atoms with Crippen LogP contribution in [0.4, 0.5) is 21.8 Å². The number of aromatic hydroxyl groups is 1. The average Bonchev–Trinajstić information content (AvgIpc) is 2.85. The third-order valence-electron chi connectivity index (χ3n) is 8.22. The summed E-state index contributed by atoms with van der Waals surface area (Å²) < 4.78 is 14.8. The molecule has 1 aromatic heterocycles. The first-order chi connectivity index (χ1) is 18.0. The second-order valence-corrected chi connectivity index (χ2v) is 11.9. The maximum atomic E-state index is 14.8. The van der Waals surface area contributed by atoms with E-state index in [1.165, 1.54) is 6.07 Å². The fraction of sp³-hybridized carbons (Fsp3) is 0.517. The molecule has 3 aliphatic heterocycles. The number of aromatic nitrogens is 2. The van der Waals surface area contributed by atoms with Gasteiger partial charge >= 0.3 is 0 Å². The fourth-order valence-electron chi connectivity index (χ4n) is 6.45. The summed E-state index contributed by atoms with van der Waals surface area (Å²) in [7, 11) is 0. The SMILES string of the molecule is CCc1c(F)ccc2cc(O)cc(N3CCc4c(nc(N5CC(C)(N)C5)nc4N4CCC[C@@](C)(O)C4)C3)c12. The summed E-state index contributed by atoms with van der Waals surface area (Å²) in [4.78, 5) is 16.6. The molecule has 0 amide bonds. The Morgan fingerprint density at radius 3 is 2.55 bits per heavy atom. The molecular weight excluding hydrogens is 483 g/mol. The van der Waals surface area contributed by atoms with Crippen molar-refractivity contribution in [3.63, 3.8) is 0 Å². The highest BCUT2D eigenvalue weighted by Gasteiger charge is 2.39. The summed E-state index contributed by atoms with van der Waals surface area (Å²) in [6.45, 7) is 9.83. The second kappa shape index (κ2) is 8.95. The van der Waals surface area contributed by atoms with Crippen LogP contribution < -0.4 is 20.4 Å². The van der Waals surface area contributed by atoms with E-state index in [1.807, 2.05) is 20.8 Å². The van der Waals surface area contributed by atoms with E-state index < -0.39 is 5.60 Å². The molecule has 1 atom stereocenters. The van der Waals surface area contributed by atoms with Crippen molar-refractivity contribution < 1.29 is 14.6 Å². The molecule has 2 fully saturated rings. The number of hydrogen-bond donors (Lipinski definition) is 3. The van der Waals surface area contributed by atoms with Crippen molar-refractivity contribution in [3.8, 4) is 5.75 Å². The minimum atomic E-state index is -0.759. The number of phenols is 1. The van der Waals surface area contributed by atoms with Crippen LogP contribution >= 0.6 is 0 Å². The highest BCUT2D eigenvalue weighted by molar-refractivity contribution is 5.98. The van der Waals surface area contributed by atoms with Gasteiger partial charge in [0.15, 0.2) is 0 Å². The van der Waals surface area contributed by atoms with E-state index in [0.717, 1.165) is 52.9 Å². The molecule has 2 aromatic carbocycles. The predicted octanol–water partition coefficient (Wildman–Crippen LogP) is 3.49. The lowest BCUT2D eigenvalue weighted by Crippen LogP contribution is -2.66. The highest BCUT2D eigenvalue weighted by atomic mass is 19.1. The monoisotopic (exact) mass is 520 g/mol. The van der Waals surface area contributed by atoms with E-state index in [-0.39, 0.29) is 17.1 Å². The summed E-state index contributed by atoms with van der Waals surface area (Å²) in [6, 6.07) is 6.66. The van der Waals surface area contributed by atoms with E-state index in [1.54, 1.807) is 18.2 Å². The number of hydrogen-bond acceptors (Lipinski definition) is 8. The highest BCUT2D eigenvalue weighted by Crippen LogP contribution is 2.40. The van der Waals surface area contributed by atoms with Crippen LogP contribution in [0.25, 0.3) is 10.8 Å². The van der Waals surface area contributed by atoms with Crippen molar-refractivity contribution >= 4 is 28.2 Å². The Bertz CT molecular complexity index is 1400. The Morgan fingerprint density at radius 1 is 1.05 bits per heavy atom. The summed E-state index contributed by atoms with van der Waals surface area (Å²) >= 11 is 0. The molecule has 0 radical (unpaired) electrons. The lowest BCUT2D eigenvalue weighted by atomic mass is 9.93. The van der Waals surface area contributed by atoms with Gasteiger partial charge in [0.1, 0.15) is 17.4 Å². The summed E-state index contributed by atoms with van der Waals surface area (Å²) in [6.07, 6.45) is 2.95. The topological polar surface area (TPSA) is 102 Å². The van der Waals surface area contributed by atoms with Gasteiger partial charge in [0.05, 0.1) is 17.8 Å². The minimum absolute atomic E-state index is 0.161. The zero-order valence-electron chi connectivity index (χ0n) is 22.5. The third-order valence-corrected chi connectivity index (χ3v) is 8.22. The van der Waals surface area contributed by atoms with Gasteiger partial charge in [-0.25, -0.2) is 9.37 Å². The van der Waals surface area contributed by atoms with Crippen LogP contribution in [0.15, 0.2) is 24.3 Å². The summed E-state index contributed by atoms with van der Waals surface area (Å²) in [5.41, 5.74) is 8.79. The molecular formula is C29H37FN6O2. The van der Waals surface area contributed by atoms with Gasteiger partial charge in [-0.1, -0.05) is 13.0 Å². The molecule has 38 heavy (non-hydrogen) atoms. The van der Waals surface area contributed by atoms with E-state index in [2.05, 4.69) is 14.7 Å². The van der Waals surface area contributed by atoms with E-state index >= 15 is 0 Å². The van der Waals surface area contributed by atoms with Gasteiger partial charge in [0, 0.05) is 61.0 Å². The average molecular weight is 521 g/mol. The number of anilines is 3. The van der Waals surface area contributed by atoms with Gasteiger partial charge in [-0.3, -0.25) is 0 Å². The molecule has 6 rings (SSSR count). The standard InChI is InChI=1S/C29H37FN6O2/c1-4-20-22(30)7-6-18-12-19(37)13-24(25(18)20)34-11-8-21-23(14-34)32-27(36-15-28(2,31)16-36)33-26(21)35-10-5-9-29(3,38)17-35/h6-7,12-13,37-38H,4-5,8-11,14-17,31H2,1-3H3/t29-/m1/s1. The minimum Gasteiger partial charge on any atom is -0.508 e. The fourth-order valence-corrected chi connectivity index (χ4v) is 6.45. The van der Waals surface area contributed by atoms with Gasteiger partial charge in [-0.2, -0.15) is 4.98 Å². The van der Waals surface area contributed by atoms with Crippen LogP contribution in [-0.4, -0.2) is 64.0 Å². The van der Waals surface area contributed by atoms with Gasteiger partial charge in [0.25, 0.3) is 0 Å². The van der Waals surface area contributed by atoms with Crippen molar-refractivity contribution in [3.05, 3.63) is 46.9 Å². The van der Waals surface area contributed by atoms with Gasteiger partial charge in [-0.05, 0) is 62.6 Å². The lowest BCUT2D eigenvalue weighted by Gasteiger charge is -2.46. The normalized spacial score (nSPS) is 22.9. The zero-order valence-corrected chi connectivity index (χ0v) is 22.5. The number of aryl methyl sites for hydroxylation is 1. The van der Waals surface area contributed by atoms with E-state index in [9.17, 15) is 14.6 Å². The molecule has 8 nitrogen and oxygen atoms in total. The first kappa shape index (κ1) is 25.1.